The van der Waals surface area contributed by atoms with Gasteiger partial charge in [-0.3, -0.25) is 4.79 Å². The molecule has 0 radical (unpaired) electrons. The van der Waals surface area contributed by atoms with Crippen LogP contribution >= 0.6 is 0 Å². The fourth-order valence-corrected chi connectivity index (χ4v) is 4.69. The lowest BCUT2D eigenvalue weighted by atomic mass is 10.2. The average Bonchev–Trinajstić information content (AvgIpc) is 2.80. The Bertz CT molecular complexity index is 1160. The van der Waals surface area contributed by atoms with E-state index in [-0.39, 0.29) is 23.9 Å². The highest BCUT2D eigenvalue weighted by Gasteiger charge is 2.32. The lowest BCUT2D eigenvalue weighted by Gasteiger charge is -2.33. The van der Waals surface area contributed by atoms with Crippen molar-refractivity contribution in [2.45, 2.75) is 11.4 Å². The van der Waals surface area contributed by atoms with Crippen molar-refractivity contribution in [1.82, 2.24) is 9.21 Å². The predicted octanol–water partition coefficient (Wildman–Crippen LogP) is 4.14. The monoisotopic (exact) mass is 434 g/mol. The Balaban J connectivity index is 1.41. The van der Waals surface area contributed by atoms with Crippen LogP contribution in [0.2, 0.25) is 0 Å². The minimum Gasteiger partial charge on any atom is -0.336 e. The first-order valence-corrected chi connectivity index (χ1v) is 11.3. The van der Waals surface area contributed by atoms with Gasteiger partial charge in [0.2, 0.25) is 15.9 Å². The van der Waals surface area contributed by atoms with Gasteiger partial charge in [-0.05, 0) is 42.0 Å². The summed E-state index contributed by atoms with van der Waals surface area (Å²) in [5.41, 5.74) is 2.28. The second kappa shape index (κ2) is 9.20. The van der Waals surface area contributed by atoms with E-state index in [1.54, 1.807) is 17.0 Å². The van der Waals surface area contributed by atoms with Crippen molar-refractivity contribution < 1.29 is 13.2 Å². The highest BCUT2D eigenvalue weighted by molar-refractivity contribution is 7.89. The third kappa shape index (κ3) is 5.04. The third-order valence-corrected chi connectivity index (χ3v) is 6.87. The average molecular weight is 435 g/mol. The van der Waals surface area contributed by atoms with Crippen molar-refractivity contribution in [2.24, 2.45) is 10.2 Å². The summed E-state index contributed by atoms with van der Waals surface area (Å²) in [6, 6.07) is 25.1. The molecular weight excluding hydrogens is 412 g/mol. The molecule has 1 fully saturated rings. The Morgan fingerprint density at radius 1 is 0.742 bits per heavy atom. The molecule has 0 bridgehead atoms. The maximum atomic E-state index is 13.0. The molecular formula is C23H22N4O3S. The molecule has 7 nitrogen and oxygen atoms in total. The molecule has 1 amide bonds. The molecule has 1 saturated heterocycles. The van der Waals surface area contributed by atoms with Crippen LogP contribution in [0.15, 0.2) is 100 Å². The summed E-state index contributed by atoms with van der Waals surface area (Å²) in [7, 11) is -3.76. The molecule has 0 aromatic heterocycles. The zero-order valence-electron chi connectivity index (χ0n) is 16.8. The molecule has 1 aliphatic heterocycles. The van der Waals surface area contributed by atoms with Gasteiger partial charge in [-0.15, -0.1) is 0 Å². The summed E-state index contributed by atoms with van der Waals surface area (Å²) >= 11 is 0. The van der Waals surface area contributed by atoms with Crippen LogP contribution < -0.4 is 0 Å². The molecule has 3 aromatic carbocycles. The number of sulfonamides is 1. The number of hydrogen-bond donors (Lipinski definition) is 0. The molecule has 0 saturated carbocycles. The van der Waals surface area contributed by atoms with Crippen LogP contribution in [0.1, 0.15) is 5.56 Å². The number of azo groups is 1. The molecule has 31 heavy (non-hydrogen) atoms. The smallest absolute Gasteiger partial charge is 0.243 e. The molecule has 0 N–H and O–H groups in total. The van der Waals surface area contributed by atoms with Crippen LogP contribution in [0.4, 0.5) is 11.4 Å². The normalized spacial score (nSPS) is 15.5. The van der Waals surface area contributed by atoms with Crippen molar-refractivity contribution >= 4 is 27.3 Å². The van der Waals surface area contributed by atoms with E-state index in [0.717, 1.165) is 5.56 Å². The summed E-state index contributed by atoms with van der Waals surface area (Å²) < 4.78 is 27.2. The minimum atomic E-state index is -3.76. The van der Waals surface area contributed by atoms with Crippen molar-refractivity contribution in [3.05, 3.63) is 90.5 Å². The van der Waals surface area contributed by atoms with E-state index in [9.17, 15) is 13.2 Å². The van der Waals surface area contributed by atoms with Gasteiger partial charge in [0.05, 0.1) is 22.8 Å². The van der Waals surface area contributed by atoms with Crippen LogP contribution in [0, 0.1) is 0 Å². The van der Waals surface area contributed by atoms with Gasteiger partial charge in [-0.2, -0.15) is 14.5 Å². The number of carbonyl (C=O) groups excluding carboxylic acids is 1. The van der Waals surface area contributed by atoms with Crippen molar-refractivity contribution in [2.75, 3.05) is 19.6 Å². The molecule has 1 heterocycles. The molecule has 0 atom stereocenters. The molecule has 158 valence electrons. The number of piperazine rings is 1. The quantitative estimate of drug-likeness (QED) is 0.547. The van der Waals surface area contributed by atoms with Gasteiger partial charge in [0.1, 0.15) is 0 Å². The van der Waals surface area contributed by atoms with E-state index in [1.807, 2.05) is 60.7 Å². The summed E-state index contributed by atoms with van der Waals surface area (Å²) in [5, 5.41) is 8.26. The van der Waals surface area contributed by atoms with Crippen molar-refractivity contribution in [3.63, 3.8) is 0 Å². The number of nitrogens with zero attached hydrogens (tertiary/aromatic N) is 4. The first kappa shape index (κ1) is 20.9. The Hall–Kier alpha value is -3.36. The van der Waals surface area contributed by atoms with Gasteiger partial charge in [0.25, 0.3) is 0 Å². The highest BCUT2D eigenvalue weighted by atomic mass is 32.2. The third-order valence-electron chi connectivity index (χ3n) is 5.01. The molecule has 3 aromatic rings. The van der Waals surface area contributed by atoms with Crippen LogP contribution in [0.5, 0.6) is 0 Å². The molecule has 0 spiro atoms. The summed E-state index contributed by atoms with van der Waals surface area (Å²) in [4.78, 5) is 14.4. The number of hydrogen-bond acceptors (Lipinski definition) is 5. The van der Waals surface area contributed by atoms with Crippen LogP contribution in [-0.4, -0.2) is 43.2 Å². The Morgan fingerprint density at radius 2 is 1.32 bits per heavy atom. The van der Waals surface area contributed by atoms with E-state index in [1.165, 1.54) is 16.4 Å². The van der Waals surface area contributed by atoms with Gasteiger partial charge in [-0.25, -0.2) is 8.42 Å². The van der Waals surface area contributed by atoms with E-state index in [0.29, 0.717) is 24.5 Å². The molecule has 1 aliphatic rings. The number of benzene rings is 3. The van der Waals surface area contributed by atoms with Crippen LogP contribution in [0.3, 0.4) is 0 Å². The van der Waals surface area contributed by atoms with E-state index >= 15 is 0 Å². The van der Waals surface area contributed by atoms with E-state index < -0.39 is 10.0 Å². The van der Waals surface area contributed by atoms with Gasteiger partial charge >= 0.3 is 0 Å². The topological polar surface area (TPSA) is 82.4 Å². The fourth-order valence-electron chi connectivity index (χ4n) is 3.31. The molecule has 8 heteroatoms. The lowest BCUT2D eigenvalue weighted by Crippen LogP contribution is -2.51. The summed E-state index contributed by atoms with van der Waals surface area (Å²) in [6.45, 7) is 0.937. The first-order chi connectivity index (χ1) is 15.0. The highest BCUT2D eigenvalue weighted by Crippen LogP contribution is 2.23. The largest absolute Gasteiger partial charge is 0.336 e. The zero-order chi connectivity index (χ0) is 21.7. The number of carbonyl (C=O) groups is 1. The zero-order valence-corrected chi connectivity index (χ0v) is 17.6. The maximum absolute atomic E-state index is 13.0. The number of rotatable bonds is 6. The first-order valence-electron chi connectivity index (χ1n) is 9.91. The second-order valence-electron chi connectivity index (χ2n) is 7.17. The Morgan fingerprint density at radius 3 is 1.94 bits per heavy atom. The SMILES string of the molecule is O=C1CN(S(=O)(=O)c2ccc(N=Nc3ccccc3)cc2)CCN1Cc1ccccc1. The van der Waals surface area contributed by atoms with Crippen molar-refractivity contribution in [3.8, 4) is 0 Å². The minimum absolute atomic E-state index is 0.135. The predicted molar refractivity (Wildman–Crippen MR) is 118 cm³/mol. The van der Waals surface area contributed by atoms with Crippen LogP contribution in [-0.2, 0) is 21.4 Å². The molecule has 0 unspecified atom stereocenters. The lowest BCUT2D eigenvalue weighted by molar-refractivity contribution is -0.134. The summed E-state index contributed by atoms with van der Waals surface area (Å²) in [5.74, 6) is -0.202. The van der Waals surface area contributed by atoms with Crippen LogP contribution in [0.25, 0.3) is 0 Å². The van der Waals surface area contributed by atoms with E-state index in [4.69, 9.17) is 0 Å². The standard InChI is InChI=1S/C23H22N4O3S/c28-23-18-27(16-15-26(23)17-19-7-3-1-4-8-19)31(29,30)22-13-11-21(12-14-22)25-24-20-9-5-2-6-10-20/h1-14H,15-18H2. The molecule has 0 aliphatic carbocycles. The van der Waals surface area contributed by atoms with Gasteiger partial charge < -0.3 is 4.90 Å². The molecule has 4 rings (SSSR count). The van der Waals surface area contributed by atoms with Gasteiger partial charge in [-0.1, -0.05) is 48.5 Å². The van der Waals surface area contributed by atoms with E-state index in [2.05, 4.69) is 10.2 Å². The second-order valence-corrected chi connectivity index (χ2v) is 9.11. The fraction of sp³-hybridized carbons (Fsp3) is 0.174. The van der Waals surface area contributed by atoms with Gasteiger partial charge in [0, 0.05) is 19.6 Å². The Labute approximate surface area is 181 Å². The number of amides is 1. The Kier molecular flexibility index (Phi) is 6.20. The maximum Gasteiger partial charge on any atom is 0.243 e. The summed E-state index contributed by atoms with van der Waals surface area (Å²) in [6.07, 6.45) is 0. The van der Waals surface area contributed by atoms with Crippen molar-refractivity contribution in [1.29, 1.82) is 0 Å². The van der Waals surface area contributed by atoms with Gasteiger partial charge in [0.15, 0.2) is 0 Å².